The fourth-order valence-electron chi connectivity index (χ4n) is 3.15. The van der Waals surface area contributed by atoms with Crippen molar-refractivity contribution in [3.63, 3.8) is 0 Å². The summed E-state index contributed by atoms with van der Waals surface area (Å²) in [5, 5.41) is 3.64. The van der Waals surface area contributed by atoms with E-state index in [9.17, 15) is 9.59 Å². The molecule has 2 amide bonds. The Morgan fingerprint density at radius 2 is 1.90 bits per heavy atom. The van der Waals surface area contributed by atoms with Crippen molar-refractivity contribution < 1.29 is 14.3 Å². The Hall–Kier alpha value is -2.18. The van der Waals surface area contributed by atoms with E-state index in [0.29, 0.717) is 24.5 Å². The molecule has 0 aliphatic carbocycles. The van der Waals surface area contributed by atoms with Crippen LogP contribution in [0.15, 0.2) is 53.4 Å². The monoisotopic (exact) mass is 462 g/mol. The van der Waals surface area contributed by atoms with Gasteiger partial charge in [-0.3, -0.25) is 9.59 Å². The Labute approximate surface area is 194 Å². The Morgan fingerprint density at radius 1 is 1.16 bits per heavy atom. The molecule has 0 spiro atoms. The van der Waals surface area contributed by atoms with Crippen LogP contribution in [-0.4, -0.2) is 42.2 Å². The lowest BCUT2D eigenvalue weighted by Gasteiger charge is -2.30. The summed E-state index contributed by atoms with van der Waals surface area (Å²) < 4.78 is 5.31. The lowest BCUT2D eigenvalue weighted by atomic mass is 10.1. The van der Waals surface area contributed by atoms with E-state index in [1.54, 1.807) is 24.1 Å². The van der Waals surface area contributed by atoms with Crippen LogP contribution in [0.2, 0.25) is 5.02 Å². The third-order valence-electron chi connectivity index (χ3n) is 4.88. The Bertz CT molecular complexity index is 845. The molecule has 1 N–H and O–H groups in total. The highest BCUT2D eigenvalue weighted by molar-refractivity contribution is 8.00. The van der Waals surface area contributed by atoms with Crippen LogP contribution in [0.1, 0.15) is 38.7 Å². The first-order valence-corrected chi connectivity index (χ1v) is 11.9. The number of rotatable bonds is 12. The standard InChI is InChI=1S/C24H31ClN2O3S/c1-4-6-14-26-24(29)22(5-2)27(16-18-8-7-9-20(15-18)30-3)23(28)17-31-21-12-10-19(25)11-13-21/h7-13,15,22H,4-6,14,16-17H2,1-3H3,(H,26,29). The van der Waals surface area contributed by atoms with Crippen LogP contribution in [0.25, 0.3) is 0 Å². The van der Waals surface area contributed by atoms with Gasteiger partial charge in [0.1, 0.15) is 11.8 Å². The molecule has 168 valence electrons. The van der Waals surface area contributed by atoms with Crippen molar-refractivity contribution in [2.45, 2.75) is 50.6 Å². The second-order valence-corrected chi connectivity index (χ2v) is 8.67. The third-order valence-corrected chi connectivity index (χ3v) is 6.13. The van der Waals surface area contributed by atoms with Crippen molar-refractivity contribution in [3.8, 4) is 5.75 Å². The number of carbonyl (C=O) groups is 2. The van der Waals surface area contributed by atoms with Crippen molar-refractivity contribution in [2.24, 2.45) is 0 Å². The number of nitrogens with zero attached hydrogens (tertiary/aromatic N) is 1. The fourth-order valence-corrected chi connectivity index (χ4v) is 4.06. The van der Waals surface area contributed by atoms with Crippen LogP contribution >= 0.6 is 23.4 Å². The molecule has 7 heteroatoms. The minimum atomic E-state index is -0.527. The predicted molar refractivity (Wildman–Crippen MR) is 128 cm³/mol. The molecular formula is C24H31ClN2O3S. The van der Waals surface area contributed by atoms with Gasteiger partial charge in [-0.15, -0.1) is 11.8 Å². The summed E-state index contributed by atoms with van der Waals surface area (Å²) in [5.74, 6) is 0.773. The van der Waals surface area contributed by atoms with Crippen molar-refractivity contribution in [1.29, 1.82) is 0 Å². The lowest BCUT2D eigenvalue weighted by molar-refractivity contribution is -0.139. The summed E-state index contributed by atoms with van der Waals surface area (Å²) in [4.78, 5) is 28.8. The van der Waals surface area contributed by atoms with E-state index in [-0.39, 0.29) is 17.6 Å². The van der Waals surface area contributed by atoms with Crippen molar-refractivity contribution >= 4 is 35.2 Å². The Morgan fingerprint density at radius 3 is 2.55 bits per heavy atom. The highest BCUT2D eigenvalue weighted by Crippen LogP contribution is 2.23. The van der Waals surface area contributed by atoms with Crippen LogP contribution in [-0.2, 0) is 16.1 Å². The van der Waals surface area contributed by atoms with Crippen LogP contribution in [0.4, 0.5) is 0 Å². The summed E-state index contributed by atoms with van der Waals surface area (Å²) in [6, 6.07) is 14.5. The first kappa shape index (κ1) is 25.1. The molecule has 2 aromatic carbocycles. The van der Waals surface area contributed by atoms with Crippen molar-refractivity contribution in [3.05, 3.63) is 59.1 Å². The summed E-state index contributed by atoms with van der Waals surface area (Å²) in [5.41, 5.74) is 0.920. The van der Waals surface area contributed by atoms with Crippen LogP contribution in [0.5, 0.6) is 5.75 Å². The minimum absolute atomic E-state index is 0.0831. The van der Waals surface area contributed by atoms with Gasteiger partial charge >= 0.3 is 0 Å². The number of unbranched alkanes of at least 4 members (excludes halogenated alkanes) is 1. The molecule has 2 rings (SSSR count). The van der Waals surface area contributed by atoms with Gasteiger partial charge < -0.3 is 15.0 Å². The number of ether oxygens (including phenoxy) is 1. The number of benzene rings is 2. The van der Waals surface area contributed by atoms with Gasteiger partial charge in [0.25, 0.3) is 0 Å². The zero-order valence-electron chi connectivity index (χ0n) is 18.4. The molecule has 0 saturated carbocycles. The van der Waals surface area contributed by atoms with Gasteiger partial charge in [-0.2, -0.15) is 0 Å². The molecule has 0 heterocycles. The van der Waals surface area contributed by atoms with Gasteiger partial charge in [0.05, 0.1) is 12.9 Å². The first-order chi connectivity index (χ1) is 15.0. The van der Waals surface area contributed by atoms with E-state index in [0.717, 1.165) is 29.1 Å². The van der Waals surface area contributed by atoms with Crippen LogP contribution < -0.4 is 10.1 Å². The molecule has 0 fully saturated rings. The van der Waals surface area contributed by atoms with E-state index in [1.807, 2.05) is 43.3 Å². The number of thioether (sulfide) groups is 1. The molecule has 0 bridgehead atoms. The molecule has 0 aromatic heterocycles. The average molecular weight is 463 g/mol. The molecule has 0 radical (unpaired) electrons. The number of nitrogens with one attached hydrogen (secondary N) is 1. The fraction of sp³-hybridized carbons (Fsp3) is 0.417. The number of hydrogen-bond donors (Lipinski definition) is 1. The van der Waals surface area contributed by atoms with E-state index in [2.05, 4.69) is 12.2 Å². The molecule has 31 heavy (non-hydrogen) atoms. The molecule has 0 aliphatic heterocycles. The molecule has 0 aliphatic rings. The lowest BCUT2D eigenvalue weighted by Crippen LogP contribution is -2.49. The number of hydrogen-bond acceptors (Lipinski definition) is 4. The second kappa shape index (κ2) is 13.3. The van der Waals surface area contributed by atoms with E-state index >= 15 is 0 Å². The molecule has 2 aromatic rings. The summed E-state index contributed by atoms with van der Waals surface area (Å²) in [7, 11) is 1.61. The topological polar surface area (TPSA) is 58.6 Å². The van der Waals surface area contributed by atoms with Crippen LogP contribution in [0.3, 0.4) is 0 Å². The largest absolute Gasteiger partial charge is 0.497 e. The predicted octanol–water partition coefficient (Wildman–Crippen LogP) is 5.16. The Kier molecular flexibility index (Phi) is 10.7. The summed E-state index contributed by atoms with van der Waals surface area (Å²) >= 11 is 7.39. The van der Waals surface area contributed by atoms with E-state index < -0.39 is 6.04 Å². The second-order valence-electron chi connectivity index (χ2n) is 7.18. The maximum absolute atomic E-state index is 13.2. The maximum Gasteiger partial charge on any atom is 0.242 e. The van der Waals surface area contributed by atoms with Crippen molar-refractivity contribution in [1.82, 2.24) is 10.2 Å². The average Bonchev–Trinajstić information content (AvgIpc) is 2.78. The highest BCUT2D eigenvalue weighted by Gasteiger charge is 2.28. The first-order valence-electron chi connectivity index (χ1n) is 10.6. The smallest absolute Gasteiger partial charge is 0.242 e. The molecule has 0 saturated heterocycles. The number of amides is 2. The molecular weight excluding hydrogens is 432 g/mol. The summed E-state index contributed by atoms with van der Waals surface area (Å²) in [6.07, 6.45) is 2.46. The number of halogens is 1. The minimum Gasteiger partial charge on any atom is -0.497 e. The zero-order chi connectivity index (χ0) is 22.6. The number of carbonyl (C=O) groups excluding carboxylic acids is 2. The van der Waals surface area contributed by atoms with Gasteiger partial charge in [0, 0.05) is 23.0 Å². The Balaban J connectivity index is 2.18. The highest BCUT2D eigenvalue weighted by atomic mass is 35.5. The van der Waals surface area contributed by atoms with E-state index in [1.165, 1.54) is 11.8 Å². The molecule has 5 nitrogen and oxygen atoms in total. The van der Waals surface area contributed by atoms with Gasteiger partial charge in [-0.1, -0.05) is 44.0 Å². The van der Waals surface area contributed by atoms with Gasteiger partial charge in [0.15, 0.2) is 0 Å². The maximum atomic E-state index is 13.2. The third kappa shape index (κ3) is 8.11. The quantitative estimate of drug-likeness (QED) is 0.349. The van der Waals surface area contributed by atoms with Gasteiger partial charge in [0.2, 0.25) is 11.8 Å². The van der Waals surface area contributed by atoms with Crippen LogP contribution in [0, 0.1) is 0 Å². The normalized spacial score (nSPS) is 11.6. The number of methoxy groups -OCH3 is 1. The molecule has 1 atom stereocenters. The zero-order valence-corrected chi connectivity index (χ0v) is 20.0. The van der Waals surface area contributed by atoms with Gasteiger partial charge in [-0.05, 0) is 54.8 Å². The molecule has 1 unspecified atom stereocenters. The summed E-state index contributed by atoms with van der Waals surface area (Å²) in [6.45, 7) is 4.97. The van der Waals surface area contributed by atoms with E-state index in [4.69, 9.17) is 16.3 Å². The van der Waals surface area contributed by atoms with Gasteiger partial charge in [-0.25, -0.2) is 0 Å². The van der Waals surface area contributed by atoms with Crippen molar-refractivity contribution in [2.75, 3.05) is 19.4 Å². The SMILES string of the molecule is CCCCNC(=O)C(CC)N(Cc1cccc(OC)c1)C(=O)CSc1ccc(Cl)cc1.